The first kappa shape index (κ1) is 30.7. The molecule has 1 aliphatic heterocycles. The molecule has 5 rings (SSSR count). The number of benzene rings is 3. The molecule has 0 spiro atoms. The summed E-state index contributed by atoms with van der Waals surface area (Å²) < 4.78 is 68.9. The number of hydrogen-bond donors (Lipinski definition) is 1. The van der Waals surface area contributed by atoms with Crippen LogP contribution in [0.2, 0.25) is 5.02 Å². The highest BCUT2D eigenvalue weighted by atomic mass is 35.5. The van der Waals surface area contributed by atoms with Crippen LogP contribution < -0.4 is 10.1 Å². The van der Waals surface area contributed by atoms with Gasteiger partial charge in [0.25, 0.3) is 0 Å². The smallest absolute Gasteiger partial charge is 0.149 e. The molecular weight excluding hydrogens is 600 g/mol. The van der Waals surface area contributed by atoms with Gasteiger partial charge in [-0.25, -0.2) is 27.2 Å². The zero-order valence-electron chi connectivity index (χ0n) is 23.4. The van der Waals surface area contributed by atoms with Crippen molar-refractivity contribution in [3.63, 3.8) is 0 Å². The quantitative estimate of drug-likeness (QED) is 0.160. The van der Waals surface area contributed by atoms with E-state index in [0.29, 0.717) is 70.2 Å². The van der Waals surface area contributed by atoms with Crippen molar-refractivity contribution in [2.75, 3.05) is 30.5 Å². The molecule has 1 aromatic heterocycles. The summed E-state index contributed by atoms with van der Waals surface area (Å²) in [7, 11) is -3.11. The number of anilines is 2. The average molecular weight is 630 g/mol. The number of aromatic nitrogens is 2. The van der Waals surface area contributed by atoms with Gasteiger partial charge in [-0.15, -0.1) is 0 Å². The average Bonchev–Trinajstić information content (AvgIpc) is 3.43. The van der Waals surface area contributed by atoms with Crippen molar-refractivity contribution in [1.82, 2.24) is 9.97 Å². The van der Waals surface area contributed by atoms with Crippen LogP contribution in [0.1, 0.15) is 30.4 Å². The van der Waals surface area contributed by atoms with Gasteiger partial charge in [0, 0.05) is 42.0 Å². The molecule has 4 aromatic rings. The number of sulfone groups is 1. The standard InChI is InChI=1S/C31H30ClF2N3O5S/c1-43(38,39)14-13-40-11-3-9-31(10-4-12-42-31)25-17-24-28(18-27(25)34)35-20-36-30(24)37-23-7-8-29(26(32)16-23)41-19-21-5-2-6-22(33)15-21/h2,4-8,12,15-18,20H,3,9-11,13-14,19H2,1H3,(H,35,36,37). The van der Waals surface area contributed by atoms with E-state index in [0.717, 1.165) is 6.26 Å². The first-order chi connectivity index (χ1) is 20.6. The van der Waals surface area contributed by atoms with Gasteiger partial charge < -0.3 is 19.5 Å². The Morgan fingerprint density at radius 2 is 1.95 bits per heavy atom. The molecule has 0 aliphatic carbocycles. The number of hydrogen-bond acceptors (Lipinski definition) is 8. The van der Waals surface area contributed by atoms with E-state index in [1.807, 2.05) is 6.08 Å². The van der Waals surface area contributed by atoms with Crippen LogP contribution in [0.25, 0.3) is 10.9 Å². The fourth-order valence-electron chi connectivity index (χ4n) is 4.85. The van der Waals surface area contributed by atoms with Crippen LogP contribution in [0.3, 0.4) is 0 Å². The fourth-order valence-corrected chi connectivity index (χ4v) is 5.51. The predicted molar refractivity (Wildman–Crippen MR) is 161 cm³/mol. The summed E-state index contributed by atoms with van der Waals surface area (Å²) in [6.07, 6.45) is 7.36. The molecule has 0 saturated heterocycles. The second-order valence-electron chi connectivity index (χ2n) is 10.3. The minimum absolute atomic E-state index is 0.0544. The van der Waals surface area contributed by atoms with E-state index in [4.69, 9.17) is 25.8 Å². The third kappa shape index (κ3) is 7.78. The number of nitrogens with zero attached hydrogens (tertiary/aromatic N) is 2. The predicted octanol–water partition coefficient (Wildman–Crippen LogP) is 6.85. The Labute approximate surface area is 253 Å². The molecule has 0 fully saturated rings. The van der Waals surface area contributed by atoms with Gasteiger partial charge >= 0.3 is 0 Å². The lowest BCUT2D eigenvalue weighted by Crippen LogP contribution is -2.27. The topological polar surface area (TPSA) is 99.6 Å². The van der Waals surface area contributed by atoms with E-state index in [2.05, 4.69) is 15.3 Å². The van der Waals surface area contributed by atoms with E-state index >= 15 is 4.39 Å². The third-order valence-electron chi connectivity index (χ3n) is 7.00. The van der Waals surface area contributed by atoms with Crippen molar-refractivity contribution in [3.05, 3.63) is 101 Å². The first-order valence-corrected chi connectivity index (χ1v) is 16.0. The van der Waals surface area contributed by atoms with E-state index < -0.39 is 21.3 Å². The van der Waals surface area contributed by atoms with Crippen molar-refractivity contribution in [1.29, 1.82) is 0 Å². The van der Waals surface area contributed by atoms with Gasteiger partial charge in [-0.3, -0.25) is 0 Å². The second-order valence-corrected chi connectivity index (χ2v) is 13.0. The molecule has 0 radical (unpaired) electrons. The van der Waals surface area contributed by atoms with Crippen LogP contribution >= 0.6 is 11.6 Å². The Bertz CT molecular complexity index is 1750. The largest absolute Gasteiger partial charge is 0.490 e. The molecular formula is C31H30ClF2N3O5S. The van der Waals surface area contributed by atoms with E-state index in [-0.39, 0.29) is 24.8 Å². The molecule has 43 heavy (non-hydrogen) atoms. The number of halogens is 3. The highest BCUT2D eigenvalue weighted by Gasteiger charge is 2.38. The molecule has 0 amide bonds. The van der Waals surface area contributed by atoms with Crippen molar-refractivity contribution < 1.29 is 31.4 Å². The van der Waals surface area contributed by atoms with Crippen molar-refractivity contribution in [2.45, 2.75) is 31.5 Å². The summed E-state index contributed by atoms with van der Waals surface area (Å²) in [6.45, 7) is 0.570. The van der Waals surface area contributed by atoms with Crippen LogP contribution in [0.4, 0.5) is 20.3 Å². The maximum Gasteiger partial charge on any atom is 0.149 e. The lowest BCUT2D eigenvalue weighted by Gasteiger charge is -2.30. The number of rotatable bonds is 13. The van der Waals surface area contributed by atoms with Crippen LogP contribution in [0.15, 0.2) is 73.3 Å². The van der Waals surface area contributed by atoms with Crippen LogP contribution in [-0.2, 0) is 31.5 Å². The number of nitrogens with one attached hydrogen (secondary N) is 1. The maximum absolute atomic E-state index is 15.5. The highest BCUT2D eigenvalue weighted by molar-refractivity contribution is 7.90. The summed E-state index contributed by atoms with van der Waals surface area (Å²) in [5, 5.41) is 4.16. The Hall–Kier alpha value is -3.80. The third-order valence-corrected chi connectivity index (χ3v) is 8.20. The van der Waals surface area contributed by atoms with Gasteiger partial charge in [0.05, 0.1) is 29.2 Å². The Balaban J connectivity index is 1.32. The molecule has 226 valence electrons. The summed E-state index contributed by atoms with van der Waals surface area (Å²) in [5.41, 5.74) is 1.11. The number of fused-ring (bicyclic) bond motifs is 1. The van der Waals surface area contributed by atoms with Crippen molar-refractivity contribution in [3.8, 4) is 5.75 Å². The monoisotopic (exact) mass is 629 g/mol. The lowest BCUT2D eigenvalue weighted by molar-refractivity contribution is 0.0181. The van der Waals surface area contributed by atoms with Crippen LogP contribution in [-0.4, -0.2) is 43.6 Å². The normalized spacial score (nSPS) is 16.4. The summed E-state index contributed by atoms with van der Waals surface area (Å²) in [6, 6.07) is 14.3. The molecule has 0 bridgehead atoms. The Morgan fingerprint density at radius 1 is 1.09 bits per heavy atom. The lowest BCUT2D eigenvalue weighted by atomic mass is 9.85. The van der Waals surface area contributed by atoms with Crippen molar-refractivity contribution >= 4 is 43.8 Å². The summed E-state index contributed by atoms with van der Waals surface area (Å²) in [5.74, 6) is 0.0230. The minimum Gasteiger partial charge on any atom is -0.490 e. The number of ether oxygens (including phenoxy) is 3. The van der Waals surface area contributed by atoms with Crippen LogP contribution in [0, 0.1) is 11.6 Å². The zero-order chi connectivity index (χ0) is 30.5. The van der Waals surface area contributed by atoms with Gasteiger partial charge in [0.2, 0.25) is 0 Å². The van der Waals surface area contributed by atoms with Gasteiger partial charge in [-0.1, -0.05) is 23.7 Å². The Morgan fingerprint density at radius 3 is 2.70 bits per heavy atom. The first-order valence-electron chi connectivity index (χ1n) is 13.6. The molecule has 1 N–H and O–H groups in total. The maximum atomic E-state index is 15.5. The van der Waals surface area contributed by atoms with Gasteiger partial charge in [-0.2, -0.15) is 0 Å². The minimum atomic E-state index is -3.11. The molecule has 0 saturated carbocycles. The van der Waals surface area contributed by atoms with Gasteiger partial charge in [0.1, 0.15) is 51.6 Å². The molecule has 2 heterocycles. The molecule has 1 atom stereocenters. The zero-order valence-corrected chi connectivity index (χ0v) is 24.9. The van der Waals surface area contributed by atoms with Gasteiger partial charge in [-0.05, 0) is 60.9 Å². The fraction of sp³-hybridized carbons (Fsp3) is 0.290. The SMILES string of the molecule is CS(=O)(=O)CCOCCCC1(c2cc3c(Nc4ccc(OCc5cccc(F)c5)c(Cl)c4)ncnc3cc2F)CC=CO1. The molecule has 8 nitrogen and oxygen atoms in total. The van der Waals surface area contributed by atoms with Crippen LogP contribution in [0.5, 0.6) is 5.75 Å². The summed E-state index contributed by atoms with van der Waals surface area (Å²) >= 11 is 6.48. The summed E-state index contributed by atoms with van der Waals surface area (Å²) in [4.78, 5) is 8.65. The van der Waals surface area contributed by atoms with Crippen molar-refractivity contribution in [2.24, 2.45) is 0 Å². The van der Waals surface area contributed by atoms with Gasteiger partial charge in [0.15, 0.2) is 0 Å². The highest BCUT2D eigenvalue weighted by Crippen LogP contribution is 2.42. The van der Waals surface area contributed by atoms with E-state index in [9.17, 15) is 12.8 Å². The molecule has 3 aromatic carbocycles. The van der Waals surface area contributed by atoms with E-state index in [1.165, 1.54) is 24.5 Å². The Kier molecular flexibility index (Phi) is 9.43. The molecule has 1 unspecified atom stereocenters. The second kappa shape index (κ2) is 13.2. The molecule has 12 heteroatoms. The molecule has 1 aliphatic rings. The van der Waals surface area contributed by atoms with E-state index in [1.54, 1.807) is 42.7 Å².